The second kappa shape index (κ2) is 9.60. The molecule has 0 aromatic heterocycles. The van der Waals surface area contributed by atoms with Crippen LogP contribution in [0, 0.1) is 0 Å². The van der Waals surface area contributed by atoms with E-state index >= 15 is 0 Å². The minimum Gasteiger partial charge on any atom is -0.352 e. The number of benzene rings is 1. The zero-order valence-corrected chi connectivity index (χ0v) is 17.2. The molecule has 0 heterocycles. The topological polar surface area (TPSA) is 66.5 Å². The number of carbonyl (C=O) groups is 1. The van der Waals surface area contributed by atoms with Gasteiger partial charge < -0.3 is 5.32 Å². The number of nitrogens with one attached hydrogen (secondary N) is 1. The number of halogens is 1. The fourth-order valence-electron chi connectivity index (χ4n) is 3.55. The number of carbonyl (C=O) groups excluding carboxylic acids is 1. The van der Waals surface area contributed by atoms with E-state index in [9.17, 15) is 13.2 Å². The van der Waals surface area contributed by atoms with Gasteiger partial charge in [0.25, 0.3) is 0 Å². The monoisotopic (exact) mass is 400 g/mol. The molecule has 2 rings (SSSR count). The SMILES string of the molecule is CC[C@@H](C(=O)NC1CCCCCCC1)N(c1ccc(Cl)cc1)S(C)(=O)=O. The Bertz CT molecular complexity index is 683. The molecular weight excluding hydrogens is 372 g/mol. The summed E-state index contributed by atoms with van der Waals surface area (Å²) in [6, 6.07) is 5.90. The third-order valence-corrected chi connectivity index (χ3v) is 6.29. The van der Waals surface area contributed by atoms with E-state index in [4.69, 9.17) is 11.6 Å². The average molecular weight is 401 g/mol. The van der Waals surface area contributed by atoms with Gasteiger partial charge in [-0.1, -0.05) is 50.6 Å². The van der Waals surface area contributed by atoms with E-state index in [1.165, 1.54) is 23.6 Å². The van der Waals surface area contributed by atoms with Crippen LogP contribution < -0.4 is 9.62 Å². The summed E-state index contributed by atoms with van der Waals surface area (Å²) in [6.45, 7) is 1.83. The molecule has 0 unspecified atom stereocenters. The lowest BCUT2D eigenvalue weighted by Gasteiger charge is -2.32. The smallest absolute Gasteiger partial charge is 0.244 e. The highest BCUT2D eigenvalue weighted by Gasteiger charge is 2.32. The Morgan fingerprint density at radius 2 is 1.69 bits per heavy atom. The minimum absolute atomic E-state index is 0.128. The Labute approximate surface area is 162 Å². The van der Waals surface area contributed by atoms with Crippen LogP contribution in [-0.4, -0.2) is 32.7 Å². The molecule has 5 nitrogen and oxygen atoms in total. The second-order valence-corrected chi connectivity index (χ2v) is 9.31. The van der Waals surface area contributed by atoms with Gasteiger partial charge in [0.2, 0.25) is 15.9 Å². The van der Waals surface area contributed by atoms with Crippen LogP contribution in [0.15, 0.2) is 24.3 Å². The molecule has 0 radical (unpaired) electrons. The summed E-state index contributed by atoms with van der Waals surface area (Å²) < 4.78 is 26.1. The van der Waals surface area contributed by atoms with Gasteiger partial charge in [-0.15, -0.1) is 0 Å². The van der Waals surface area contributed by atoms with E-state index in [0.29, 0.717) is 17.1 Å². The van der Waals surface area contributed by atoms with Crippen molar-refractivity contribution in [2.24, 2.45) is 0 Å². The van der Waals surface area contributed by atoms with Crippen LogP contribution in [0.1, 0.15) is 58.3 Å². The average Bonchev–Trinajstić information content (AvgIpc) is 2.54. The summed E-state index contributed by atoms with van der Waals surface area (Å²) in [5.41, 5.74) is 0.455. The van der Waals surface area contributed by atoms with E-state index in [1.54, 1.807) is 24.3 Å². The summed E-state index contributed by atoms with van der Waals surface area (Å²) in [5.74, 6) is -0.224. The molecule has 7 heteroatoms. The van der Waals surface area contributed by atoms with E-state index < -0.39 is 16.1 Å². The van der Waals surface area contributed by atoms with Gasteiger partial charge in [0.05, 0.1) is 11.9 Å². The number of nitrogens with zero attached hydrogens (tertiary/aromatic N) is 1. The van der Waals surface area contributed by atoms with E-state index in [1.807, 2.05) is 6.92 Å². The Kier molecular flexibility index (Phi) is 7.77. The zero-order chi connectivity index (χ0) is 19.2. The highest BCUT2D eigenvalue weighted by Crippen LogP contribution is 2.25. The largest absolute Gasteiger partial charge is 0.352 e. The van der Waals surface area contributed by atoms with Crippen molar-refractivity contribution in [2.45, 2.75) is 70.4 Å². The summed E-state index contributed by atoms with van der Waals surface area (Å²) in [4.78, 5) is 12.9. The van der Waals surface area contributed by atoms with Gasteiger partial charge in [0, 0.05) is 11.1 Å². The fraction of sp³-hybridized carbons (Fsp3) is 0.632. The number of amides is 1. The van der Waals surface area contributed by atoms with Crippen LogP contribution in [0.5, 0.6) is 0 Å². The van der Waals surface area contributed by atoms with Crippen molar-refractivity contribution in [1.29, 1.82) is 0 Å². The number of hydrogen-bond donors (Lipinski definition) is 1. The molecule has 1 N–H and O–H groups in total. The number of rotatable bonds is 6. The first-order valence-electron chi connectivity index (χ1n) is 9.38. The molecule has 0 saturated heterocycles. The molecule has 1 aromatic carbocycles. The molecule has 1 saturated carbocycles. The maximum Gasteiger partial charge on any atom is 0.244 e. The van der Waals surface area contributed by atoms with Gasteiger partial charge in [-0.05, 0) is 43.5 Å². The van der Waals surface area contributed by atoms with Crippen molar-refractivity contribution in [3.05, 3.63) is 29.3 Å². The van der Waals surface area contributed by atoms with Gasteiger partial charge in [-0.2, -0.15) is 0 Å². The third-order valence-electron chi connectivity index (χ3n) is 4.86. The van der Waals surface area contributed by atoms with Gasteiger partial charge in [-0.25, -0.2) is 8.42 Å². The Balaban J connectivity index is 2.20. The molecular formula is C19H29ClN2O3S. The van der Waals surface area contributed by atoms with E-state index in [-0.39, 0.29) is 11.9 Å². The van der Waals surface area contributed by atoms with Crippen molar-refractivity contribution >= 4 is 33.2 Å². The molecule has 0 spiro atoms. The first-order valence-corrected chi connectivity index (χ1v) is 11.6. The number of anilines is 1. The predicted octanol–water partition coefficient (Wildman–Crippen LogP) is 4.11. The van der Waals surface area contributed by atoms with E-state index in [0.717, 1.165) is 31.9 Å². The molecule has 0 aliphatic heterocycles. The van der Waals surface area contributed by atoms with Crippen molar-refractivity contribution in [3.63, 3.8) is 0 Å². The number of hydrogen-bond acceptors (Lipinski definition) is 3. The molecule has 1 aromatic rings. The Morgan fingerprint density at radius 3 is 2.19 bits per heavy atom. The molecule has 0 bridgehead atoms. The minimum atomic E-state index is -3.61. The molecule has 1 fully saturated rings. The van der Waals surface area contributed by atoms with Crippen molar-refractivity contribution in [3.8, 4) is 0 Å². The van der Waals surface area contributed by atoms with Gasteiger partial charge in [-0.3, -0.25) is 9.10 Å². The quantitative estimate of drug-likeness (QED) is 0.781. The second-order valence-electron chi connectivity index (χ2n) is 7.01. The molecule has 146 valence electrons. The summed E-state index contributed by atoms with van der Waals surface area (Å²) in [6.07, 6.45) is 9.32. The molecule has 26 heavy (non-hydrogen) atoms. The normalized spacial score (nSPS) is 17.8. The van der Waals surface area contributed by atoms with Crippen LogP contribution in [0.2, 0.25) is 5.02 Å². The van der Waals surface area contributed by atoms with Crippen molar-refractivity contribution in [2.75, 3.05) is 10.6 Å². The zero-order valence-electron chi connectivity index (χ0n) is 15.6. The molecule has 1 aliphatic carbocycles. The van der Waals surface area contributed by atoms with Crippen molar-refractivity contribution < 1.29 is 13.2 Å². The molecule has 1 amide bonds. The summed E-state index contributed by atoms with van der Waals surface area (Å²) >= 11 is 5.92. The highest BCUT2D eigenvalue weighted by molar-refractivity contribution is 7.92. The maximum absolute atomic E-state index is 12.9. The highest BCUT2D eigenvalue weighted by atomic mass is 35.5. The lowest BCUT2D eigenvalue weighted by atomic mass is 9.96. The fourth-order valence-corrected chi connectivity index (χ4v) is 4.88. The third kappa shape index (κ3) is 5.88. The van der Waals surface area contributed by atoms with Gasteiger partial charge in [0.15, 0.2) is 0 Å². The number of sulfonamides is 1. The van der Waals surface area contributed by atoms with Crippen LogP contribution in [0.25, 0.3) is 0 Å². The maximum atomic E-state index is 12.9. The molecule has 1 atom stereocenters. The summed E-state index contributed by atoms with van der Waals surface area (Å²) in [7, 11) is -3.61. The van der Waals surface area contributed by atoms with Crippen LogP contribution in [0.3, 0.4) is 0 Å². The van der Waals surface area contributed by atoms with Gasteiger partial charge in [0.1, 0.15) is 6.04 Å². The first kappa shape index (κ1) is 21.0. The molecule has 1 aliphatic rings. The van der Waals surface area contributed by atoms with Gasteiger partial charge >= 0.3 is 0 Å². The van der Waals surface area contributed by atoms with Crippen LogP contribution >= 0.6 is 11.6 Å². The predicted molar refractivity (Wildman–Crippen MR) is 107 cm³/mol. The van der Waals surface area contributed by atoms with Crippen molar-refractivity contribution in [1.82, 2.24) is 5.32 Å². The Morgan fingerprint density at radius 1 is 1.15 bits per heavy atom. The first-order chi connectivity index (χ1) is 12.3. The van der Waals surface area contributed by atoms with Crippen LogP contribution in [0.4, 0.5) is 5.69 Å². The Hall–Kier alpha value is -1.27. The standard InChI is InChI=1S/C19H29ClN2O3S/c1-3-18(19(23)21-16-9-7-5-4-6-8-10-16)22(26(2,24)25)17-13-11-15(20)12-14-17/h11-14,16,18H,3-10H2,1-2H3,(H,21,23)/t18-/m0/s1. The van der Waals surface area contributed by atoms with E-state index in [2.05, 4.69) is 5.32 Å². The lowest BCUT2D eigenvalue weighted by molar-refractivity contribution is -0.123. The summed E-state index contributed by atoms with van der Waals surface area (Å²) in [5, 5.41) is 3.62. The lowest BCUT2D eigenvalue weighted by Crippen LogP contribution is -2.51. The van der Waals surface area contributed by atoms with Crippen LogP contribution in [-0.2, 0) is 14.8 Å².